The lowest BCUT2D eigenvalue weighted by atomic mass is 9.67. The Bertz CT molecular complexity index is 639. The van der Waals surface area contributed by atoms with Gasteiger partial charge in [-0.15, -0.1) is 0 Å². The molecule has 2 fully saturated rings. The van der Waals surface area contributed by atoms with E-state index in [9.17, 15) is 4.79 Å². The Morgan fingerprint density at radius 2 is 2.00 bits per heavy atom. The van der Waals surface area contributed by atoms with Crippen LogP contribution in [0.4, 0.5) is 0 Å². The number of hydrogen-bond acceptors (Lipinski definition) is 3. The standard InChI is InChI=1S/C21H30ClNO2/c1-15(24)25-21(20(2,3)4)11-12-23-14-16(9-10-17(23)13-21)18-7-5-6-8-19(18)22/h5-8,16-17H,9-14H2,1-4H3/t16-,17-,21-/m1/s1. The largest absolute Gasteiger partial charge is 0.459 e. The Kier molecular flexibility index (Phi) is 5.18. The van der Waals surface area contributed by atoms with Crippen LogP contribution in [0.3, 0.4) is 0 Å². The van der Waals surface area contributed by atoms with Crippen LogP contribution in [0.2, 0.25) is 5.02 Å². The van der Waals surface area contributed by atoms with Crippen LogP contribution in [-0.4, -0.2) is 35.6 Å². The van der Waals surface area contributed by atoms with Gasteiger partial charge in [-0.2, -0.15) is 0 Å². The normalized spacial score (nSPS) is 30.6. The van der Waals surface area contributed by atoms with Gasteiger partial charge in [0.15, 0.2) is 0 Å². The lowest BCUT2D eigenvalue weighted by Gasteiger charge is -2.54. The first-order chi connectivity index (χ1) is 11.7. The summed E-state index contributed by atoms with van der Waals surface area (Å²) >= 11 is 6.42. The Balaban J connectivity index is 1.75. The second-order valence-corrected chi connectivity index (χ2v) is 9.14. The van der Waals surface area contributed by atoms with Crippen LogP contribution in [0.15, 0.2) is 24.3 Å². The molecule has 0 unspecified atom stereocenters. The van der Waals surface area contributed by atoms with E-state index in [-0.39, 0.29) is 17.0 Å². The third-order valence-corrected chi connectivity index (χ3v) is 6.58. The van der Waals surface area contributed by atoms with Gasteiger partial charge in [0.05, 0.1) is 0 Å². The molecule has 3 nitrogen and oxygen atoms in total. The van der Waals surface area contributed by atoms with Gasteiger partial charge in [-0.25, -0.2) is 0 Å². The highest BCUT2D eigenvalue weighted by atomic mass is 35.5. The van der Waals surface area contributed by atoms with Crippen LogP contribution in [0.1, 0.15) is 64.9 Å². The topological polar surface area (TPSA) is 29.5 Å². The number of carbonyl (C=O) groups is 1. The minimum atomic E-state index is -0.350. The van der Waals surface area contributed by atoms with Crippen LogP contribution in [0.25, 0.3) is 0 Å². The van der Waals surface area contributed by atoms with E-state index in [1.54, 1.807) is 0 Å². The molecule has 25 heavy (non-hydrogen) atoms. The molecule has 0 spiro atoms. The number of piperidine rings is 2. The average Bonchev–Trinajstić information content (AvgIpc) is 2.53. The van der Waals surface area contributed by atoms with Crippen molar-refractivity contribution in [3.8, 4) is 0 Å². The van der Waals surface area contributed by atoms with E-state index in [4.69, 9.17) is 16.3 Å². The molecule has 4 heteroatoms. The van der Waals surface area contributed by atoms with E-state index in [0.717, 1.165) is 43.8 Å². The number of rotatable bonds is 2. The molecule has 1 aromatic carbocycles. The Morgan fingerprint density at radius 3 is 2.64 bits per heavy atom. The van der Waals surface area contributed by atoms with Crippen LogP contribution in [0, 0.1) is 5.41 Å². The van der Waals surface area contributed by atoms with Crippen molar-refractivity contribution >= 4 is 17.6 Å². The zero-order valence-electron chi connectivity index (χ0n) is 15.8. The predicted octanol–water partition coefficient (Wildman–Crippen LogP) is 5.03. The van der Waals surface area contributed by atoms with E-state index in [2.05, 4.69) is 37.8 Å². The molecule has 3 rings (SSSR count). The van der Waals surface area contributed by atoms with Gasteiger partial charge in [-0.05, 0) is 30.4 Å². The summed E-state index contributed by atoms with van der Waals surface area (Å²) in [6.07, 6.45) is 4.12. The third kappa shape index (κ3) is 3.73. The van der Waals surface area contributed by atoms with Gasteiger partial charge in [0.1, 0.15) is 5.60 Å². The van der Waals surface area contributed by atoms with Crippen molar-refractivity contribution in [3.63, 3.8) is 0 Å². The van der Waals surface area contributed by atoms with Crippen molar-refractivity contribution in [3.05, 3.63) is 34.9 Å². The van der Waals surface area contributed by atoms with Gasteiger partial charge in [-0.1, -0.05) is 50.6 Å². The monoisotopic (exact) mass is 363 g/mol. The predicted molar refractivity (Wildman–Crippen MR) is 102 cm³/mol. The first-order valence-electron chi connectivity index (χ1n) is 9.40. The van der Waals surface area contributed by atoms with Crippen molar-refractivity contribution in [2.45, 2.75) is 70.9 Å². The second-order valence-electron chi connectivity index (χ2n) is 8.74. The average molecular weight is 364 g/mol. The first-order valence-corrected chi connectivity index (χ1v) is 9.78. The molecule has 0 aromatic heterocycles. The molecule has 0 N–H and O–H groups in total. The molecule has 0 aliphatic carbocycles. The molecule has 2 aliphatic heterocycles. The highest BCUT2D eigenvalue weighted by Crippen LogP contribution is 2.47. The quantitative estimate of drug-likeness (QED) is 0.690. The number of fused-ring (bicyclic) bond motifs is 1. The Labute approximate surface area is 156 Å². The van der Waals surface area contributed by atoms with E-state index in [0.29, 0.717) is 12.0 Å². The molecule has 0 saturated carbocycles. The molecule has 2 heterocycles. The van der Waals surface area contributed by atoms with E-state index >= 15 is 0 Å². The molecule has 0 radical (unpaired) electrons. The van der Waals surface area contributed by atoms with Crippen LogP contribution >= 0.6 is 11.6 Å². The molecular formula is C21H30ClNO2. The Hall–Kier alpha value is -1.06. The number of carbonyl (C=O) groups excluding carboxylic acids is 1. The summed E-state index contributed by atoms with van der Waals surface area (Å²) in [5, 5.41) is 0.881. The van der Waals surface area contributed by atoms with Gasteiger partial charge in [0.25, 0.3) is 0 Å². The van der Waals surface area contributed by atoms with E-state index in [1.165, 1.54) is 12.5 Å². The summed E-state index contributed by atoms with van der Waals surface area (Å²) < 4.78 is 5.94. The fraction of sp³-hybridized carbons (Fsp3) is 0.667. The van der Waals surface area contributed by atoms with E-state index in [1.807, 2.05) is 12.1 Å². The SMILES string of the molecule is CC(=O)O[C@]1(C(C)(C)C)CCN2C[C@H](c3ccccc3Cl)CC[C@@H]2C1. The second kappa shape index (κ2) is 6.92. The van der Waals surface area contributed by atoms with Gasteiger partial charge in [-0.3, -0.25) is 9.69 Å². The molecule has 0 amide bonds. The number of ether oxygens (including phenoxy) is 1. The molecule has 138 valence electrons. The highest BCUT2D eigenvalue weighted by molar-refractivity contribution is 6.31. The summed E-state index contributed by atoms with van der Waals surface area (Å²) in [5.74, 6) is 0.342. The number of hydrogen-bond donors (Lipinski definition) is 0. The van der Waals surface area contributed by atoms with Crippen molar-refractivity contribution < 1.29 is 9.53 Å². The molecule has 3 atom stereocenters. The summed E-state index contributed by atoms with van der Waals surface area (Å²) in [6, 6.07) is 8.72. The number of esters is 1. The molecule has 0 bridgehead atoms. The maximum absolute atomic E-state index is 11.7. The number of benzene rings is 1. The zero-order valence-corrected chi connectivity index (χ0v) is 16.6. The van der Waals surface area contributed by atoms with Crippen molar-refractivity contribution in [2.75, 3.05) is 13.1 Å². The zero-order chi connectivity index (χ0) is 18.2. The van der Waals surface area contributed by atoms with Gasteiger partial charge in [0, 0.05) is 49.3 Å². The van der Waals surface area contributed by atoms with Crippen molar-refractivity contribution in [2.24, 2.45) is 5.41 Å². The summed E-state index contributed by atoms with van der Waals surface area (Å²) in [4.78, 5) is 14.3. The lowest BCUT2D eigenvalue weighted by molar-refractivity contribution is -0.186. The molecule has 2 aliphatic rings. The molecular weight excluding hydrogens is 334 g/mol. The molecule has 2 saturated heterocycles. The fourth-order valence-corrected chi connectivity index (χ4v) is 4.96. The summed E-state index contributed by atoms with van der Waals surface area (Å²) in [6.45, 7) is 10.2. The number of nitrogens with zero attached hydrogens (tertiary/aromatic N) is 1. The van der Waals surface area contributed by atoms with Gasteiger partial charge in [0.2, 0.25) is 0 Å². The first kappa shape index (κ1) is 18.7. The minimum absolute atomic E-state index is 0.0512. The van der Waals surface area contributed by atoms with Crippen LogP contribution < -0.4 is 0 Å². The maximum Gasteiger partial charge on any atom is 0.303 e. The van der Waals surface area contributed by atoms with Gasteiger partial charge < -0.3 is 4.74 Å². The maximum atomic E-state index is 11.7. The highest BCUT2D eigenvalue weighted by Gasteiger charge is 2.51. The summed E-state index contributed by atoms with van der Waals surface area (Å²) in [5.41, 5.74) is 0.872. The minimum Gasteiger partial charge on any atom is -0.459 e. The third-order valence-electron chi connectivity index (χ3n) is 6.24. The Morgan fingerprint density at radius 1 is 1.28 bits per heavy atom. The van der Waals surface area contributed by atoms with Crippen LogP contribution in [0.5, 0.6) is 0 Å². The summed E-state index contributed by atoms with van der Waals surface area (Å²) in [7, 11) is 0. The van der Waals surface area contributed by atoms with E-state index < -0.39 is 0 Å². The van der Waals surface area contributed by atoms with Crippen LogP contribution in [-0.2, 0) is 9.53 Å². The van der Waals surface area contributed by atoms with Crippen molar-refractivity contribution in [1.82, 2.24) is 4.90 Å². The molecule has 1 aromatic rings. The fourth-order valence-electron chi connectivity index (χ4n) is 4.67. The lowest BCUT2D eigenvalue weighted by Crippen LogP contribution is -2.59. The smallest absolute Gasteiger partial charge is 0.303 e. The van der Waals surface area contributed by atoms with Crippen molar-refractivity contribution in [1.29, 1.82) is 0 Å². The van der Waals surface area contributed by atoms with Gasteiger partial charge >= 0.3 is 5.97 Å². The number of halogens is 1.